The zero-order valence-corrected chi connectivity index (χ0v) is 24.9. The lowest BCUT2D eigenvalue weighted by molar-refractivity contribution is 0.0398. The number of H-pyrrole nitrogens is 1. The van der Waals surface area contributed by atoms with Crippen LogP contribution >= 0.6 is 0 Å². The van der Waals surface area contributed by atoms with Crippen LogP contribution < -0.4 is 10.6 Å². The van der Waals surface area contributed by atoms with E-state index < -0.39 is 8.07 Å². The maximum Gasteiger partial charge on any atom is 0.225 e. The van der Waals surface area contributed by atoms with Gasteiger partial charge < -0.3 is 20.1 Å². The Labute approximate surface area is 237 Å². The topological polar surface area (TPSA) is 100 Å². The van der Waals surface area contributed by atoms with Gasteiger partial charge in [0.05, 0.1) is 36.6 Å². The number of benzene rings is 2. The number of fused-ring (bicyclic) bond motifs is 1. The van der Waals surface area contributed by atoms with E-state index in [1.165, 1.54) is 5.56 Å². The van der Waals surface area contributed by atoms with E-state index in [2.05, 4.69) is 93.9 Å². The number of morpholine rings is 1. The van der Waals surface area contributed by atoms with Crippen LogP contribution in [0.25, 0.3) is 22.3 Å². The number of anilines is 2. The molecule has 0 saturated carbocycles. The molecule has 40 heavy (non-hydrogen) atoms. The smallest absolute Gasteiger partial charge is 0.225 e. The summed E-state index contributed by atoms with van der Waals surface area (Å²) in [6, 6.07) is 19.9. The van der Waals surface area contributed by atoms with Crippen molar-refractivity contribution < 1.29 is 9.47 Å². The van der Waals surface area contributed by atoms with Crippen molar-refractivity contribution >= 4 is 30.7 Å². The molecule has 1 fully saturated rings. The second-order valence-electron chi connectivity index (χ2n) is 11.5. The zero-order chi connectivity index (χ0) is 27.8. The number of ether oxygens (including phenoxy) is 2. The molecule has 2 aromatic heterocycles. The third kappa shape index (κ3) is 7.88. The molecule has 1 saturated heterocycles. The van der Waals surface area contributed by atoms with Gasteiger partial charge in [0.15, 0.2) is 5.65 Å². The van der Waals surface area contributed by atoms with Crippen LogP contribution in [0.4, 0.5) is 11.6 Å². The van der Waals surface area contributed by atoms with Crippen LogP contribution in [0.1, 0.15) is 11.3 Å². The summed E-state index contributed by atoms with van der Waals surface area (Å²) in [5, 5.41) is 15.7. The summed E-state index contributed by atoms with van der Waals surface area (Å²) in [6.45, 7) is 14.2. The van der Waals surface area contributed by atoms with Crippen LogP contribution in [0, 0.1) is 0 Å². The van der Waals surface area contributed by atoms with Crippen LogP contribution in [0.3, 0.4) is 0 Å². The van der Waals surface area contributed by atoms with E-state index >= 15 is 0 Å². The number of nitrogens with one attached hydrogen (secondary N) is 3. The summed E-state index contributed by atoms with van der Waals surface area (Å²) in [7, 11) is -1.19. The fourth-order valence-electron chi connectivity index (χ4n) is 4.67. The van der Waals surface area contributed by atoms with Crippen LogP contribution in [0.15, 0.2) is 54.6 Å². The molecule has 10 heteroatoms. The molecule has 212 valence electrons. The third-order valence-corrected chi connectivity index (χ3v) is 8.73. The Morgan fingerprint density at radius 3 is 2.62 bits per heavy atom. The highest BCUT2D eigenvalue weighted by Crippen LogP contribution is 2.30. The number of nitrogens with zero attached hydrogens (tertiary/aromatic N) is 4. The van der Waals surface area contributed by atoms with Crippen LogP contribution in [0.5, 0.6) is 0 Å². The van der Waals surface area contributed by atoms with Gasteiger partial charge in [0.1, 0.15) is 0 Å². The standard InChI is InChI=1S/C30H41N7O2Si/c1-40(2,3)19-18-39-22-26-27-28(24-10-7-11-25(20-24)32-21-23-8-5-4-6-9-23)35-36-29(27)34-30(33-26)31-12-13-37-14-16-38-17-15-37/h4-11,20,32H,12-19,21-22H2,1-3H3,(H2,31,33,34,35,36). The molecule has 0 radical (unpaired) electrons. The van der Waals surface area contributed by atoms with Gasteiger partial charge in [0.25, 0.3) is 0 Å². The lowest BCUT2D eigenvalue weighted by Gasteiger charge is -2.26. The van der Waals surface area contributed by atoms with Crippen molar-refractivity contribution in [2.45, 2.75) is 38.8 Å². The largest absolute Gasteiger partial charge is 0.381 e. The highest BCUT2D eigenvalue weighted by atomic mass is 28.3. The van der Waals surface area contributed by atoms with E-state index in [4.69, 9.17) is 19.4 Å². The summed E-state index contributed by atoms with van der Waals surface area (Å²) in [5.74, 6) is 0.584. The Kier molecular flexibility index (Phi) is 9.43. The molecule has 9 nitrogen and oxygen atoms in total. The molecule has 0 bridgehead atoms. The van der Waals surface area contributed by atoms with E-state index in [1.807, 2.05) is 6.07 Å². The highest BCUT2D eigenvalue weighted by molar-refractivity contribution is 6.76. The molecule has 0 atom stereocenters. The maximum absolute atomic E-state index is 6.17. The van der Waals surface area contributed by atoms with E-state index in [9.17, 15) is 0 Å². The van der Waals surface area contributed by atoms with Gasteiger partial charge in [-0.25, -0.2) is 4.98 Å². The number of aromatic amines is 1. The maximum atomic E-state index is 6.17. The fraction of sp³-hybridized carbons (Fsp3) is 0.433. The Balaban J connectivity index is 1.36. The zero-order valence-electron chi connectivity index (χ0n) is 23.9. The molecule has 0 aliphatic carbocycles. The first-order chi connectivity index (χ1) is 19.4. The van der Waals surface area contributed by atoms with Gasteiger partial charge in [-0.05, 0) is 23.7 Å². The van der Waals surface area contributed by atoms with Crippen LogP contribution in [0.2, 0.25) is 25.7 Å². The minimum absolute atomic E-state index is 0.417. The third-order valence-electron chi connectivity index (χ3n) is 7.03. The predicted octanol–water partition coefficient (Wildman–Crippen LogP) is 5.23. The van der Waals surface area contributed by atoms with Gasteiger partial charge in [-0.15, -0.1) is 0 Å². The molecule has 2 aromatic carbocycles. The molecular formula is C30H41N7O2Si. The van der Waals surface area contributed by atoms with Crippen molar-refractivity contribution in [2.75, 3.05) is 56.6 Å². The van der Waals surface area contributed by atoms with Crippen LogP contribution in [-0.2, 0) is 22.6 Å². The van der Waals surface area contributed by atoms with Gasteiger partial charge in [-0.3, -0.25) is 10.00 Å². The molecule has 1 aliphatic heterocycles. The summed E-state index contributed by atoms with van der Waals surface area (Å²) in [5.41, 5.74) is 5.70. The first-order valence-corrected chi connectivity index (χ1v) is 17.9. The Morgan fingerprint density at radius 1 is 1.00 bits per heavy atom. The van der Waals surface area contributed by atoms with E-state index in [0.717, 1.165) is 86.6 Å². The minimum Gasteiger partial charge on any atom is -0.381 e. The number of hydrogen-bond acceptors (Lipinski definition) is 8. The van der Waals surface area contributed by atoms with E-state index in [1.54, 1.807) is 0 Å². The lowest BCUT2D eigenvalue weighted by atomic mass is 10.1. The number of hydrogen-bond donors (Lipinski definition) is 3. The Morgan fingerprint density at radius 2 is 1.82 bits per heavy atom. The first-order valence-electron chi connectivity index (χ1n) is 14.2. The van der Waals surface area contributed by atoms with Crippen molar-refractivity contribution in [3.05, 3.63) is 65.9 Å². The fourth-order valence-corrected chi connectivity index (χ4v) is 5.43. The summed E-state index contributed by atoms with van der Waals surface area (Å²) in [6.07, 6.45) is 0. The molecule has 0 spiro atoms. The van der Waals surface area contributed by atoms with Gasteiger partial charge in [0, 0.05) is 58.7 Å². The van der Waals surface area contributed by atoms with Crippen molar-refractivity contribution in [3.63, 3.8) is 0 Å². The summed E-state index contributed by atoms with van der Waals surface area (Å²) in [4.78, 5) is 12.1. The lowest BCUT2D eigenvalue weighted by Crippen LogP contribution is -2.39. The molecule has 1 aliphatic rings. The Hall–Kier alpha value is -3.31. The van der Waals surface area contributed by atoms with Crippen molar-refractivity contribution in [1.29, 1.82) is 0 Å². The normalized spacial score (nSPS) is 14.5. The molecule has 4 aromatic rings. The van der Waals surface area contributed by atoms with Crippen molar-refractivity contribution in [1.82, 2.24) is 25.1 Å². The number of rotatable bonds is 13. The minimum atomic E-state index is -1.19. The molecule has 3 heterocycles. The van der Waals surface area contributed by atoms with E-state index in [-0.39, 0.29) is 0 Å². The summed E-state index contributed by atoms with van der Waals surface area (Å²) < 4.78 is 11.6. The van der Waals surface area contributed by atoms with E-state index in [0.29, 0.717) is 18.2 Å². The molecule has 3 N–H and O–H groups in total. The molecule has 5 rings (SSSR count). The highest BCUT2D eigenvalue weighted by Gasteiger charge is 2.19. The second kappa shape index (κ2) is 13.4. The molecule has 0 unspecified atom stereocenters. The second-order valence-corrected chi connectivity index (χ2v) is 17.1. The summed E-state index contributed by atoms with van der Waals surface area (Å²) >= 11 is 0. The molecule has 0 amide bonds. The quantitative estimate of drug-likeness (QED) is 0.151. The molecular weight excluding hydrogens is 518 g/mol. The average molecular weight is 560 g/mol. The van der Waals surface area contributed by atoms with Gasteiger partial charge in [-0.1, -0.05) is 62.1 Å². The Bertz CT molecular complexity index is 1370. The van der Waals surface area contributed by atoms with Gasteiger partial charge >= 0.3 is 0 Å². The van der Waals surface area contributed by atoms with Gasteiger partial charge in [-0.2, -0.15) is 10.1 Å². The average Bonchev–Trinajstić information content (AvgIpc) is 3.39. The number of aromatic nitrogens is 4. The monoisotopic (exact) mass is 559 g/mol. The van der Waals surface area contributed by atoms with Crippen molar-refractivity contribution in [3.8, 4) is 11.3 Å². The van der Waals surface area contributed by atoms with Crippen molar-refractivity contribution in [2.24, 2.45) is 0 Å². The SMILES string of the molecule is C[Si](C)(C)CCOCc1nc(NCCN2CCOCC2)nc2n[nH]c(-c3cccc(NCc4ccccc4)c3)c12. The first kappa shape index (κ1) is 28.2. The van der Waals surface area contributed by atoms with Crippen LogP contribution in [-0.4, -0.2) is 79.1 Å². The predicted molar refractivity (Wildman–Crippen MR) is 164 cm³/mol. The van der Waals surface area contributed by atoms with Gasteiger partial charge in [0.2, 0.25) is 5.95 Å².